The first kappa shape index (κ1) is 15.6. The van der Waals surface area contributed by atoms with Crippen LogP contribution in [0.5, 0.6) is 0 Å². The van der Waals surface area contributed by atoms with Crippen LogP contribution < -0.4 is 0 Å². The van der Waals surface area contributed by atoms with Crippen LogP contribution in [-0.4, -0.2) is 48.3 Å². The number of hydrogen-bond acceptors (Lipinski definition) is 3. The van der Waals surface area contributed by atoms with E-state index in [0.29, 0.717) is 31.5 Å². The maximum atomic E-state index is 13.0. The monoisotopic (exact) mass is 328 g/mol. The summed E-state index contributed by atoms with van der Waals surface area (Å²) in [5.41, 5.74) is 2.94. The fraction of sp³-hybridized carbons (Fsp3) is 0.579. The van der Waals surface area contributed by atoms with Crippen molar-refractivity contribution in [2.75, 3.05) is 20.6 Å². The highest BCUT2D eigenvalue weighted by Gasteiger charge is 2.42. The Hall–Kier alpha value is -1.88. The molecule has 1 aliphatic carbocycles. The first-order valence-corrected chi connectivity index (χ1v) is 8.74. The van der Waals surface area contributed by atoms with Crippen molar-refractivity contribution < 1.29 is 14.3 Å². The third-order valence-electron chi connectivity index (χ3n) is 6.06. The minimum Gasteiger partial charge on any atom is -0.372 e. The van der Waals surface area contributed by atoms with Crippen molar-refractivity contribution in [2.24, 2.45) is 11.8 Å². The molecule has 3 atom stereocenters. The lowest BCUT2D eigenvalue weighted by Gasteiger charge is -2.31. The Morgan fingerprint density at radius 1 is 1.25 bits per heavy atom. The Balaban J connectivity index is 1.51. The molecule has 0 radical (unpaired) electrons. The molecular formula is C19H24N2O3. The second-order valence-corrected chi connectivity index (χ2v) is 7.48. The molecule has 1 saturated carbocycles. The summed E-state index contributed by atoms with van der Waals surface area (Å²) in [6.45, 7) is 1.96. The molecule has 2 fully saturated rings. The second kappa shape index (κ2) is 5.88. The van der Waals surface area contributed by atoms with Gasteiger partial charge in [-0.15, -0.1) is 0 Å². The number of fused-ring (bicyclic) bond motifs is 2. The van der Waals surface area contributed by atoms with Crippen LogP contribution in [-0.2, 0) is 22.7 Å². The van der Waals surface area contributed by atoms with Crippen molar-refractivity contribution in [1.82, 2.24) is 9.80 Å². The van der Waals surface area contributed by atoms with Crippen molar-refractivity contribution in [1.29, 1.82) is 0 Å². The van der Waals surface area contributed by atoms with E-state index in [0.717, 1.165) is 36.1 Å². The van der Waals surface area contributed by atoms with Gasteiger partial charge in [0.15, 0.2) is 0 Å². The molecule has 0 N–H and O–H groups in total. The van der Waals surface area contributed by atoms with Gasteiger partial charge in [0.05, 0.1) is 13.2 Å². The second-order valence-electron chi connectivity index (χ2n) is 7.48. The number of carbonyl (C=O) groups excluding carboxylic acids is 2. The maximum absolute atomic E-state index is 13.0. The zero-order valence-electron chi connectivity index (χ0n) is 14.3. The zero-order valence-corrected chi connectivity index (χ0v) is 14.3. The lowest BCUT2D eigenvalue weighted by molar-refractivity contribution is -0.134. The lowest BCUT2D eigenvalue weighted by Crippen LogP contribution is -2.40. The van der Waals surface area contributed by atoms with Crippen LogP contribution in [0.4, 0.5) is 0 Å². The minimum atomic E-state index is 0.0840. The molecule has 0 bridgehead atoms. The van der Waals surface area contributed by atoms with E-state index in [-0.39, 0.29) is 17.9 Å². The molecule has 0 aromatic heterocycles. The standard InChI is InChI=1S/C19H24N2O3/c1-20-9-14-7-15(6-13(14)8-18(20)22)21(2)19(23)16-5-3-4-12-10-24-11-17(12)16/h3-5,13-15H,6-11H2,1-2H3/t13-,14+,15-/m0/s1. The number of piperidine rings is 1. The van der Waals surface area contributed by atoms with Gasteiger partial charge in [0.25, 0.3) is 5.91 Å². The predicted octanol–water partition coefficient (Wildman–Crippen LogP) is 2.05. The highest BCUT2D eigenvalue weighted by molar-refractivity contribution is 5.96. The summed E-state index contributed by atoms with van der Waals surface area (Å²) in [7, 11) is 3.79. The van der Waals surface area contributed by atoms with Crippen LogP contribution in [0, 0.1) is 11.8 Å². The summed E-state index contributed by atoms with van der Waals surface area (Å²) in [4.78, 5) is 28.7. The summed E-state index contributed by atoms with van der Waals surface area (Å²) in [6, 6.07) is 6.11. The molecule has 2 aliphatic heterocycles. The fourth-order valence-corrected chi connectivity index (χ4v) is 4.56. The molecule has 5 heteroatoms. The number of rotatable bonds is 2. The van der Waals surface area contributed by atoms with E-state index in [1.54, 1.807) is 0 Å². The van der Waals surface area contributed by atoms with E-state index in [4.69, 9.17) is 4.74 Å². The average molecular weight is 328 g/mol. The van der Waals surface area contributed by atoms with Gasteiger partial charge in [-0.05, 0) is 41.9 Å². The van der Waals surface area contributed by atoms with Crippen LogP contribution in [0.3, 0.4) is 0 Å². The lowest BCUT2D eigenvalue weighted by atomic mass is 9.88. The predicted molar refractivity (Wildman–Crippen MR) is 89.3 cm³/mol. The highest BCUT2D eigenvalue weighted by atomic mass is 16.5. The third-order valence-corrected chi connectivity index (χ3v) is 6.06. The molecule has 1 aromatic carbocycles. The minimum absolute atomic E-state index is 0.0840. The van der Waals surface area contributed by atoms with Crippen molar-refractivity contribution in [2.45, 2.75) is 38.5 Å². The summed E-state index contributed by atoms with van der Waals surface area (Å²) >= 11 is 0. The molecule has 128 valence electrons. The molecular weight excluding hydrogens is 304 g/mol. The molecule has 2 amide bonds. The smallest absolute Gasteiger partial charge is 0.254 e. The van der Waals surface area contributed by atoms with Crippen LogP contribution in [0.2, 0.25) is 0 Å². The molecule has 3 aliphatic rings. The van der Waals surface area contributed by atoms with Crippen LogP contribution >= 0.6 is 0 Å². The van der Waals surface area contributed by atoms with E-state index in [1.165, 1.54) is 0 Å². The normalized spacial score (nSPS) is 28.7. The van der Waals surface area contributed by atoms with Gasteiger partial charge < -0.3 is 14.5 Å². The van der Waals surface area contributed by atoms with Crippen molar-refractivity contribution in [3.63, 3.8) is 0 Å². The Kier molecular flexibility index (Phi) is 3.83. The molecule has 1 saturated heterocycles. The Morgan fingerprint density at radius 3 is 2.88 bits per heavy atom. The van der Waals surface area contributed by atoms with Gasteiger partial charge in [0, 0.05) is 38.7 Å². The van der Waals surface area contributed by atoms with Gasteiger partial charge >= 0.3 is 0 Å². The number of nitrogens with zero attached hydrogens (tertiary/aromatic N) is 2. The van der Waals surface area contributed by atoms with Crippen LogP contribution in [0.1, 0.15) is 40.7 Å². The topological polar surface area (TPSA) is 49.9 Å². The fourth-order valence-electron chi connectivity index (χ4n) is 4.56. The van der Waals surface area contributed by atoms with Crippen LogP contribution in [0.25, 0.3) is 0 Å². The number of carbonyl (C=O) groups is 2. The molecule has 4 rings (SSSR count). The van der Waals surface area contributed by atoms with E-state index in [1.807, 2.05) is 42.1 Å². The molecule has 5 nitrogen and oxygen atoms in total. The Morgan fingerprint density at radius 2 is 2.04 bits per heavy atom. The average Bonchev–Trinajstić information content (AvgIpc) is 3.20. The van der Waals surface area contributed by atoms with Gasteiger partial charge in [-0.25, -0.2) is 0 Å². The first-order valence-electron chi connectivity index (χ1n) is 8.74. The first-order chi connectivity index (χ1) is 11.5. The van der Waals surface area contributed by atoms with Gasteiger partial charge in [-0.3, -0.25) is 9.59 Å². The summed E-state index contributed by atoms with van der Waals surface area (Å²) < 4.78 is 5.50. The van der Waals surface area contributed by atoms with Crippen LogP contribution in [0.15, 0.2) is 18.2 Å². The highest BCUT2D eigenvalue weighted by Crippen LogP contribution is 2.40. The summed E-state index contributed by atoms with van der Waals surface area (Å²) in [5.74, 6) is 1.28. The number of ether oxygens (including phenoxy) is 1. The number of hydrogen-bond donors (Lipinski definition) is 0. The van der Waals surface area contributed by atoms with Gasteiger partial charge in [-0.1, -0.05) is 12.1 Å². The Labute approximate surface area is 142 Å². The number of likely N-dealkylation sites (tertiary alicyclic amines) is 1. The van der Waals surface area contributed by atoms with E-state index in [9.17, 15) is 9.59 Å². The van der Waals surface area contributed by atoms with E-state index >= 15 is 0 Å². The van der Waals surface area contributed by atoms with Gasteiger partial charge in [-0.2, -0.15) is 0 Å². The molecule has 0 spiro atoms. The third kappa shape index (κ3) is 2.51. The van der Waals surface area contributed by atoms with Crippen molar-refractivity contribution >= 4 is 11.8 Å². The van der Waals surface area contributed by atoms with Crippen molar-refractivity contribution in [3.05, 3.63) is 34.9 Å². The molecule has 2 heterocycles. The quantitative estimate of drug-likeness (QED) is 0.835. The summed E-state index contributed by atoms with van der Waals surface area (Å²) in [6.07, 6.45) is 2.57. The van der Waals surface area contributed by atoms with E-state index in [2.05, 4.69) is 0 Å². The van der Waals surface area contributed by atoms with E-state index < -0.39 is 0 Å². The van der Waals surface area contributed by atoms with Gasteiger partial charge in [0.1, 0.15) is 0 Å². The summed E-state index contributed by atoms with van der Waals surface area (Å²) in [5, 5.41) is 0. The largest absolute Gasteiger partial charge is 0.372 e. The van der Waals surface area contributed by atoms with Gasteiger partial charge in [0.2, 0.25) is 5.91 Å². The SMILES string of the molecule is CN1C[C@H]2C[C@@H](N(C)C(=O)c3cccc4c3COC4)C[C@H]2CC1=O. The van der Waals surface area contributed by atoms with Crippen molar-refractivity contribution in [3.8, 4) is 0 Å². The maximum Gasteiger partial charge on any atom is 0.254 e. The molecule has 0 unspecified atom stereocenters. The molecule has 24 heavy (non-hydrogen) atoms. The number of amides is 2. The Bertz CT molecular complexity index is 687. The number of benzene rings is 1. The molecule has 1 aromatic rings. The zero-order chi connectivity index (χ0) is 16.8.